The van der Waals surface area contributed by atoms with E-state index in [2.05, 4.69) is 20.4 Å². The van der Waals surface area contributed by atoms with Crippen LogP contribution in [0.1, 0.15) is 23.0 Å². The highest BCUT2D eigenvalue weighted by atomic mass is 19.3. The molecule has 0 aliphatic rings. The average Bonchev–Trinajstić information content (AvgIpc) is 3.10. The largest absolute Gasteiger partial charge is 0.434 e. The lowest BCUT2D eigenvalue weighted by Gasteiger charge is -2.20. The summed E-state index contributed by atoms with van der Waals surface area (Å²) in [6.07, 6.45) is 3.28. The van der Waals surface area contributed by atoms with Gasteiger partial charge in [0.15, 0.2) is 0 Å². The lowest BCUT2D eigenvalue weighted by molar-refractivity contribution is -0.0504. The van der Waals surface area contributed by atoms with E-state index in [9.17, 15) is 18.0 Å². The number of aryl methyl sites for hydroxylation is 1. The van der Waals surface area contributed by atoms with Gasteiger partial charge in [0.25, 0.3) is 0 Å². The molecule has 3 rings (SSSR count). The van der Waals surface area contributed by atoms with Crippen LogP contribution in [0, 0.1) is 5.82 Å². The van der Waals surface area contributed by atoms with Crippen molar-refractivity contribution < 1.29 is 22.7 Å². The Morgan fingerprint density at radius 3 is 2.69 bits per heavy atom. The Kier molecular flexibility index (Phi) is 6.38. The minimum Gasteiger partial charge on any atom is -0.434 e. The molecule has 1 unspecified atom stereocenters. The number of ether oxygens (including phenoxy) is 1. The number of nitrogens with zero attached hydrogens (tertiary/aromatic N) is 2. The fourth-order valence-electron chi connectivity index (χ4n) is 2.86. The number of halogens is 3. The highest BCUT2D eigenvalue weighted by Gasteiger charge is 2.21. The number of aromatic nitrogens is 2. The van der Waals surface area contributed by atoms with Crippen LogP contribution in [0.4, 0.5) is 18.0 Å². The first-order valence-corrected chi connectivity index (χ1v) is 8.74. The predicted octanol–water partition coefficient (Wildman–Crippen LogP) is 3.75. The molecule has 1 heterocycles. The summed E-state index contributed by atoms with van der Waals surface area (Å²) in [5, 5.41) is 5.35. The second-order valence-electron chi connectivity index (χ2n) is 6.20. The molecule has 1 atom stereocenters. The van der Waals surface area contributed by atoms with Crippen molar-refractivity contribution in [2.75, 3.05) is 0 Å². The topological polar surface area (TPSA) is 68.2 Å². The van der Waals surface area contributed by atoms with Gasteiger partial charge < -0.3 is 19.9 Å². The minimum atomic E-state index is -2.97. The first kappa shape index (κ1) is 20.2. The molecule has 0 saturated carbocycles. The summed E-state index contributed by atoms with van der Waals surface area (Å²) in [6, 6.07) is 10.7. The van der Waals surface area contributed by atoms with Crippen LogP contribution in [0.3, 0.4) is 0 Å². The molecule has 2 aromatic carbocycles. The van der Waals surface area contributed by atoms with Crippen molar-refractivity contribution in [3.63, 3.8) is 0 Å². The van der Waals surface area contributed by atoms with E-state index in [1.807, 2.05) is 0 Å². The summed E-state index contributed by atoms with van der Waals surface area (Å²) in [4.78, 5) is 16.7. The van der Waals surface area contributed by atoms with Crippen molar-refractivity contribution in [2.24, 2.45) is 7.05 Å². The standard InChI is InChI=1S/C20H19F3N4O2/c1-27-10-9-24-18(27)17(13-6-4-7-15(21)11-13)26-20(28)25-12-14-5-2-3-8-16(14)29-19(22)23/h2-11,17,19H,12H2,1H3,(H2,25,26,28). The van der Waals surface area contributed by atoms with Crippen LogP contribution in [0.25, 0.3) is 0 Å². The number of carbonyl (C=O) groups excluding carboxylic acids is 1. The SMILES string of the molecule is Cn1ccnc1C(NC(=O)NCc1ccccc1OC(F)F)c1cccc(F)c1. The number of rotatable bonds is 7. The highest BCUT2D eigenvalue weighted by molar-refractivity contribution is 5.75. The number of amides is 2. The third-order valence-corrected chi connectivity index (χ3v) is 4.20. The van der Waals surface area contributed by atoms with Gasteiger partial charge in [-0.05, 0) is 23.8 Å². The van der Waals surface area contributed by atoms with Crippen LogP contribution in [0.5, 0.6) is 5.75 Å². The molecule has 0 bridgehead atoms. The lowest BCUT2D eigenvalue weighted by atomic mass is 10.1. The van der Waals surface area contributed by atoms with E-state index in [4.69, 9.17) is 0 Å². The van der Waals surface area contributed by atoms with Gasteiger partial charge in [-0.1, -0.05) is 30.3 Å². The summed E-state index contributed by atoms with van der Waals surface area (Å²) in [6.45, 7) is -3.00. The van der Waals surface area contributed by atoms with Gasteiger partial charge in [-0.2, -0.15) is 8.78 Å². The number of urea groups is 1. The van der Waals surface area contributed by atoms with Crippen molar-refractivity contribution in [3.05, 3.63) is 83.7 Å². The van der Waals surface area contributed by atoms with Crippen LogP contribution in [-0.2, 0) is 13.6 Å². The van der Waals surface area contributed by atoms with Gasteiger partial charge in [-0.25, -0.2) is 14.2 Å². The molecule has 0 radical (unpaired) electrons. The van der Waals surface area contributed by atoms with Gasteiger partial charge in [0, 0.05) is 31.5 Å². The number of para-hydroxylation sites is 1. The van der Waals surface area contributed by atoms with E-state index in [0.717, 1.165) is 0 Å². The van der Waals surface area contributed by atoms with Crippen LogP contribution >= 0.6 is 0 Å². The Labute approximate surface area is 165 Å². The van der Waals surface area contributed by atoms with Gasteiger partial charge in [0.2, 0.25) is 0 Å². The smallest absolute Gasteiger partial charge is 0.387 e. The van der Waals surface area contributed by atoms with E-state index in [1.54, 1.807) is 48.3 Å². The molecule has 152 valence electrons. The Balaban J connectivity index is 1.74. The van der Waals surface area contributed by atoms with Crippen LogP contribution < -0.4 is 15.4 Å². The van der Waals surface area contributed by atoms with E-state index in [0.29, 0.717) is 17.0 Å². The average molecular weight is 404 g/mol. The molecule has 2 amide bonds. The third kappa shape index (κ3) is 5.28. The van der Waals surface area contributed by atoms with E-state index < -0.39 is 24.5 Å². The molecule has 3 aromatic rings. The molecule has 0 saturated heterocycles. The summed E-state index contributed by atoms with van der Waals surface area (Å²) < 4.78 is 44.9. The number of nitrogens with one attached hydrogen (secondary N) is 2. The molecule has 9 heteroatoms. The lowest BCUT2D eigenvalue weighted by Crippen LogP contribution is -2.39. The Morgan fingerprint density at radius 2 is 2.00 bits per heavy atom. The number of carbonyl (C=O) groups is 1. The molecule has 29 heavy (non-hydrogen) atoms. The molecule has 2 N–H and O–H groups in total. The normalized spacial score (nSPS) is 11.9. The first-order chi connectivity index (χ1) is 13.9. The zero-order valence-corrected chi connectivity index (χ0v) is 15.5. The number of benzene rings is 2. The maximum atomic E-state index is 13.7. The monoisotopic (exact) mass is 404 g/mol. The van der Waals surface area contributed by atoms with Crippen molar-refractivity contribution in [1.29, 1.82) is 0 Å². The molecule has 0 aliphatic heterocycles. The molecule has 0 spiro atoms. The minimum absolute atomic E-state index is 0.0198. The zero-order chi connectivity index (χ0) is 20.8. The molecular formula is C20H19F3N4O2. The van der Waals surface area contributed by atoms with Crippen molar-refractivity contribution in [2.45, 2.75) is 19.2 Å². The fraction of sp³-hybridized carbons (Fsp3) is 0.200. The molecule has 0 fully saturated rings. The number of hydrogen-bond donors (Lipinski definition) is 2. The summed E-state index contributed by atoms with van der Waals surface area (Å²) in [5.41, 5.74) is 0.901. The fourth-order valence-corrected chi connectivity index (χ4v) is 2.86. The van der Waals surface area contributed by atoms with Crippen molar-refractivity contribution in [1.82, 2.24) is 20.2 Å². The Morgan fingerprint density at radius 1 is 1.21 bits per heavy atom. The summed E-state index contributed by atoms with van der Waals surface area (Å²) >= 11 is 0. The zero-order valence-electron chi connectivity index (χ0n) is 15.5. The van der Waals surface area contributed by atoms with Crippen molar-refractivity contribution >= 4 is 6.03 Å². The van der Waals surface area contributed by atoms with Crippen molar-refractivity contribution in [3.8, 4) is 5.75 Å². The Bertz CT molecular complexity index is 978. The maximum Gasteiger partial charge on any atom is 0.387 e. The molecule has 0 aliphatic carbocycles. The van der Waals surface area contributed by atoms with Gasteiger partial charge in [-0.3, -0.25) is 0 Å². The van der Waals surface area contributed by atoms with E-state index >= 15 is 0 Å². The third-order valence-electron chi connectivity index (χ3n) is 4.20. The summed E-state index contributed by atoms with van der Waals surface area (Å²) in [5.74, 6) is 0.0442. The first-order valence-electron chi connectivity index (χ1n) is 8.74. The molecular weight excluding hydrogens is 385 g/mol. The second-order valence-corrected chi connectivity index (χ2v) is 6.20. The highest BCUT2D eigenvalue weighted by Crippen LogP contribution is 2.22. The molecule has 6 nitrogen and oxygen atoms in total. The van der Waals surface area contributed by atoms with Gasteiger partial charge in [0.05, 0.1) is 0 Å². The van der Waals surface area contributed by atoms with Crippen LogP contribution in [0.2, 0.25) is 0 Å². The quantitative estimate of drug-likeness (QED) is 0.630. The Hall–Kier alpha value is -3.49. The van der Waals surface area contributed by atoms with E-state index in [-0.39, 0.29) is 12.3 Å². The summed E-state index contributed by atoms with van der Waals surface area (Å²) in [7, 11) is 1.76. The second kappa shape index (κ2) is 9.13. The van der Waals surface area contributed by atoms with Gasteiger partial charge >= 0.3 is 12.6 Å². The number of alkyl halides is 2. The number of hydrogen-bond acceptors (Lipinski definition) is 3. The van der Waals surface area contributed by atoms with Gasteiger partial charge in [0.1, 0.15) is 23.4 Å². The van der Waals surface area contributed by atoms with Crippen LogP contribution in [0.15, 0.2) is 60.9 Å². The molecule has 1 aromatic heterocycles. The number of imidazole rings is 1. The van der Waals surface area contributed by atoms with Crippen LogP contribution in [-0.4, -0.2) is 22.2 Å². The maximum absolute atomic E-state index is 13.7. The predicted molar refractivity (Wildman–Crippen MR) is 99.9 cm³/mol. The van der Waals surface area contributed by atoms with Gasteiger partial charge in [-0.15, -0.1) is 0 Å². The van der Waals surface area contributed by atoms with E-state index in [1.165, 1.54) is 24.3 Å².